The molecule has 5 heteroatoms. The second kappa shape index (κ2) is 19.0. The maximum atomic E-state index is 12.5. The monoisotopic (exact) mass is 1080 g/mol. The van der Waals surface area contributed by atoms with Gasteiger partial charge in [0.2, 0.25) is 0 Å². The SMILES string of the molecule is [2H]c1c([2H])c([2H])c(-c2ccnc(-c3[c-]c(-c4cccc5c4nc(-c4cc(C(C)C)cc(C(C)C)c4O)n5-c4cc(C([2H])([2H])[2H])c(-c5ccccc5)cc4-c4ccc(C(C)(C)C)cc4)cc(C(C)(C)C)c3)c2)c([2H])c1[2H].[Pt]. The average Bonchev–Trinajstić information content (AvgIpc) is 3.76. The molecule has 4 nitrogen and oxygen atoms in total. The number of aromatic hydroxyl groups is 1. The van der Waals surface area contributed by atoms with Crippen LogP contribution in [0.25, 0.3) is 83.9 Å². The standard InChI is InChI=1S/C63H62N3O.Pt/c1-39(2)46-35-52(40(3)4)60(67)55(36-46)61-65-59-51(47-32-48(34-50(33-47)63(9,10)11)56-37-45(29-30-64-56)42-19-14-12-15-20-42)23-18-24-57(59)66(61)58-31-41(5)53(43-21-16-13-17-22-43)38-54(58)44-25-27-49(28-26-44)62(6,7)8;/h12-31,33-40,67H,1-11H3;/q-1;/i5D3,12D,14D,15D,19D,20D;. The number of phenols is 1. The van der Waals surface area contributed by atoms with E-state index < -0.39 is 25.0 Å². The Morgan fingerprint density at radius 1 is 0.618 bits per heavy atom. The molecule has 2 aromatic heterocycles. The molecule has 346 valence electrons. The summed E-state index contributed by atoms with van der Waals surface area (Å²) in [5.74, 6) is 0.575. The van der Waals surface area contributed by atoms with E-state index in [1.165, 1.54) is 0 Å². The first-order valence-corrected chi connectivity index (χ1v) is 23.1. The number of hydrogen-bond donors (Lipinski definition) is 1. The number of fused-ring (bicyclic) bond motifs is 1. The van der Waals surface area contributed by atoms with Gasteiger partial charge >= 0.3 is 0 Å². The first kappa shape index (κ1) is 38.6. The van der Waals surface area contributed by atoms with Gasteiger partial charge in [0.25, 0.3) is 0 Å². The molecule has 68 heavy (non-hydrogen) atoms. The summed E-state index contributed by atoms with van der Waals surface area (Å²) in [7, 11) is 0. The minimum absolute atomic E-state index is 0. The molecule has 0 saturated heterocycles. The van der Waals surface area contributed by atoms with E-state index >= 15 is 0 Å². The van der Waals surface area contributed by atoms with Crippen molar-refractivity contribution in [3.63, 3.8) is 0 Å². The normalized spacial score (nSPS) is 13.8. The molecule has 0 aliphatic carbocycles. The molecule has 0 amide bonds. The van der Waals surface area contributed by atoms with Crippen LogP contribution in [-0.2, 0) is 31.9 Å². The molecule has 9 aromatic rings. The number of phenolic OH excluding ortho intramolecular Hbond substituents is 1. The Morgan fingerprint density at radius 2 is 1.31 bits per heavy atom. The number of benzene rings is 7. The van der Waals surface area contributed by atoms with E-state index in [-0.39, 0.29) is 72.7 Å². The number of nitrogens with zero attached hydrogens (tertiary/aromatic N) is 3. The molecule has 7 aromatic carbocycles. The third-order valence-corrected chi connectivity index (χ3v) is 12.7. The summed E-state index contributed by atoms with van der Waals surface area (Å²) in [6, 6.07) is 41.0. The van der Waals surface area contributed by atoms with E-state index in [1.54, 1.807) is 24.4 Å². The zero-order valence-electron chi connectivity index (χ0n) is 48.4. The minimum atomic E-state index is -2.53. The molecule has 0 atom stereocenters. The van der Waals surface area contributed by atoms with Crippen LogP contribution in [0.4, 0.5) is 0 Å². The van der Waals surface area contributed by atoms with Gasteiger partial charge in [-0.05, 0) is 110 Å². The van der Waals surface area contributed by atoms with Crippen LogP contribution in [0.2, 0.25) is 0 Å². The Bertz CT molecular complexity index is 3650. The van der Waals surface area contributed by atoms with E-state index in [0.29, 0.717) is 56.1 Å². The summed E-state index contributed by atoms with van der Waals surface area (Å²) >= 11 is 0. The Balaban J connectivity index is 0.00000765. The van der Waals surface area contributed by atoms with Crippen LogP contribution in [0.5, 0.6) is 5.75 Å². The Morgan fingerprint density at radius 3 is 1.97 bits per heavy atom. The zero-order valence-corrected chi connectivity index (χ0v) is 42.7. The molecule has 1 N–H and O–H groups in total. The van der Waals surface area contributed by atoms with Gasteiger partial charge in [0.05, 0.1) is 29.1 Å². The minimum Gasteiger partial charge on any atom is -0.507 e. The molecule has 0 fully saturated rings. The van der Waals surface area contributed by atoms with Crippen molar-refractivity contribution < 1.29 is 37.1 Å². The van der Waals surface area contributed by atoms with E-state index in [2.05, 4.69) is 112 Å². The second-order valence-electron chi connectivity index (χ2n) is 20.2. The van der Waals surface area contributed by atoms with Crippen LogP contribution in [0.1, 0.15) is 120 Å². The molecule has 0 saturated carbocycles. The van der Waals surface area contributed by atoms with Crippen LogP contribution in [-0.4, -0.2) is 19.6 Å². The second-order valence-corrected chi connectivity index (χ2v) is 20.2. The molecule has 2 heterocycles. The number of aryl methyl sites for hydroxylation is 1. The van der Waals surface area contributed by atoms with E-state index in [9.17, 15) is 5.11 Å². The van der Waals surface area contributed by atoms with Gasteiger partial charge in [-0.1, -0.05) is 189 Å². The first-order valence-electron chi connectivity index (χ1n) is 27.1. The van der Waals surface area contributed by atoms with Gasteiger partial charge in [0, 0.05) is 42.6 Å². The molecule has 0 bridgehead atoms. The molecule has 0 radical (unpaired) electrons. The Kier molecular flexibility index (Phi) is 10.8. The third kappa shape index (κ3) is 9.41. The van der Waals surface area contributed by atoms with Crippen molar-refractivity contribution in [2.45, 2.75) is 98.8 Å². The molecule has 0 aliphatic rings. The molecular formula is C63H62N3OPt-. The predicted molar refractivity (Wildman–Crippen MR) is 282 cm³/mol. The van der Waals surface area contributed by atoms with Crippen molar-refractivity contribution in [1.29, 1.82) is 0 Å². The maximum absolute atomic E-state index is 12.5. The van der Waals surface area contributed by atoms with E-state index in [1.807, 2.05) is 71.3 Å². The van der Waals surface area contributed by atoms with Gasteiger partial charge in [-0.25, -0.2) is 4.98 Å². The van der Waals surface area contributed by atoms with Crippen LogP contribution in [0.15, 0.2) is 158 Å². The van der Waals surface area contributed by atoms with Gasteiger partial charge < -0.3 is 5.11 Å². The van der Waals surface area contributed by atoms with Crippen molar-refractivity contribution in [1.82, 2.24) is 14.5 Å². The number of para-hydroxylation sites is 1. The summed E-state index contributed by atoms with van der Waals surface area (Å²) in [4.78, 5) is 10.3. The van der Waals surface area contributed by atoms with Crippen molar-refractivity contribution in [3.8, 4) is 78.6 Å². The molecule has 0 unspecified atom stereocenters. The fourth-order valence-corrected chi connectivity index (χ4v) is 8.79. The summed E-state index contributed by atoms with van der Waals surface area (Å²) in [6.45, 7) is 18.7. The average molecular weight is 1080 g/mol. The molecule has 0 aliphatic heterocycles. The Hall–Kier alpha value is -6.35. The van der Waals surface area contributed by atoms with Crippen LogP contribution < -0.4 is 0 Å². The quantitative estimate of drug-likeness (QED) is 0.147. The van der Waals surface area contributed by atoms with Crippen LogP contribution in [0.3, 0.4) is 0 Å². The van der Waals surface area contributed by atoms with Crippen molar-refractivity contribution in [3.05, 3.63) is 192 Å². The van der Waals surface area contributed by atoms with Gasteiger partial charge in [0.15, 0.2) is 0 Å². The number of imidazole rings is 1. The number of hydrogen-bond acceptors (Lipinski definition) is 3. The summed E-state index contributed by atoms with van der Waals surface area (Å²) in [5, 5.41) is 12.5. The van der Waals surface area contributed by atoms with Crippen LogP contribution in [0, 0.1) is 12.9 Å². The van der Waals surface area contributed by atoms with Gasteiger partial charge in [-0.2, -0.15) is 0 Å². The zero-order chi connectivity index (χ0) is 54.2. The van der Waals surface area contributed by atoms with Crippen molar-refractivity contribution in [2.24, 2.45) is 0 Å². The fraction of sp³-hybridized carbons (Fsp3) is 0.238. The predicted octanol–water partition coefficient (Wildman–Crippen LogP) is 17.1. The van der Waals surface area contributed by atoms with Crippen molar-refractivity contribution >= 4 is 11.0 Å². The van der Waals surface area contributed by atoms with Crippen molar-refractivity contribution in [2.75, 3.05) is 0 Å². The maximum Gasteiger partial charge on any atom is 0.148 e. The third-order valence-electron chi connectivity index (χ3n) is 12.7. The van der Waals surface area contributed by atoms with E-state index in [0.717, 1.165) is 44.5 Å². The summed E-state index contributed by atoms with van der Waals surface area (Å²) < 4.78 is 71.6. The number of rotatable bonds is 9. The van der Waals surface area contributed by atoms with Gasteiger partial charge in [-0.3, -0.25) is 9.55 Å². The number of aromatic nitrogens is 3. The first-order chi connectivity index (χ1) is 35.2. The summed E-state index contributed by atoms with van der Waals surface area (Å²) in [5.41, 5.74) is 11.9. The molecular weight excluding hydrogens is 1010 g/mol. The molecule has 0 spiro atoms. The fourth-order valence-electron chi connectivity index (χ4n) is 8.79. The van der Waals surface area contributed by atoms with E-state index in [4.69, 9.17) is 20.9 Å². The van der Waals surface area contributed by atoms with Crippen LogP contribution >= 0.6 is 0 Å². The van der Waals surface area contributed by atoms with Gasteiger partial charge in [-0.15, -0.1) is 29.3 Å². The number of pyridine rings is 1. The van der Waals surface area contributed by atoms with Gasteiger partial charge in [0.1, 0.15) is 11.6 Å². The topological polar surface area (TPSA) is 50.9 Å². The Labute approximate surface area is 429 Å². The summed E-state index contributed by atoms with van der Waals surface area (Å²) in [6.07, 6.45) is 1.57. The largest absolute Gasteiger partial charge is 0.507 e. The molecule has 9 rings (SSSR count). The smallest absolute Gasteiger partial charge is 0.148 e.